The fraction of sp³-hybridized carbons (Fsp3) is 0.462. The molecule has 0 unspecified atom stereocenters. The maximum absolute atomic E-state index is 5.44. The van der Waals surface area contributed by atoms with Gasteiger partial charge in [0.2, 0.25) is 0 Å². The van der Waals surface area contributed by atoms with Crippen molar-refractivity contribution in [2.75, 3.05) is 19.8 Å². The van der Waals surface area contributed by atoms with Gasteiger partial charge < -0.3 is 9.15 Å². The normalized spacial score (nSPS) is 21.3. The molecule has 0 amide bonds. The first kappa shape index (κ1) is 11.9. The third-order valence-electron chi connectivity index (χ3n) is 3.15. The third-order valence-corrected chi connectivity index (χ3v) is 4.06. The van der Waals surface area contributed by atoms with Gasteiger partial charge in [0.05, 0.1) is 25.2 Å². The maximum atomic E-state index is 5.44. The summed E-state index contributed by atoms with van der Waals surface area (Å²) in [6.45, 7) is 5.70. The quantitative estimate of drug-likeness (QED) is 0.854. The number of nitrogens with zero attached hydrogens (tertiary/aromatic N) is 2. The van der Waals surface area contributed by atoms with Crippen LogP contribution in [-0.2, 0) is 11.3 Å². The van der Waals surface area contributed by atoms with Gasteiger partial charge in [-0.3, -0.25) is 4.90 Å². The van der Waals surface area contributed by atoms with Crippen molar-refractivity contribution in [1.82, 2.24) is 9.88 Å². The van der Waals surface area contributed by atoms with Gasteiger partial charge in [0.15, 0.2) is 10.8 Å². The standard InChI is InChI=1S/C13H16N2O2S/c1-10-8-16-6-4-15(10)7-11-9-18-13(14-11)12-3-2-5-17-12/h2-3,5,9-10H,4,6-8H2,1H3/t10-/m0/s1. The molecule has 2 aromatic heterocycles. The van der Waals surface area contributed by atoms with Gasteiger partial charge >= 0.3 is 0 Å². The molecule has 0 saturated carbocycles. The zero-order chi connectivity index (χ0) is 12.4. The van der Waals surface area contributed by atoms with Gasteiger partial charge in [-0.15, -0.1) is 11.3 Å². The van der Waals surface area contributed by atoms with Crippen molar-refractivity contribution in [1.29, 1.82) is 0 Å². The lowest BCUT2D eigenvalue weighted by Gasteiger charge is -2.32. The summed E-state index contributed by atoms with van der Waals surface area (Å²) < 4.78 is 10.8. The minimum absolute atomic E-state index is 0.465. The number of aromatic nitrogens is 1. The van der Waals surface area contributed by atoms with Gasteiger partial charge in [-0.25, -0.2) is 4.98 Å². The van der Waals surface area contributed by atoms with Crippen molar-refractivity contribution in [2.24, 2.45) is 0 Å². The van der Waals surface area contributed by atoms with E-state index in [9.17, 15) is 0 Å². The molecule has 1 saturated heterocycles. The number of hydrogen-bond donors (Lipinski definition) is 0. The van der Waals surface area contributed by atoms with E-state index in [1.807, 2.05) is 12.1 Å². The molecule has 1 fully saturated rings. The molecule has 18 heavy (non-hydrogen) atoms. The van der Waals surface area contributed by atoms with E-state index < -0.39 is 0 Å². The van der Waals surface area contributed by atoms with Crippen LogP contribution in [0.15, 0.2) is 28.2 Å². The molecule has 2 aromatic rings. The van der Waals surface area contributed by atoms with E-state index in [4.69, 9.17) is 9.15 Å². The lowest BCUT2D eigenvalue weighted by Crippen LogP contribution is -2.42. The molecule has 0 aliphatic carbocycles. The Hall–Kier alpha value is -1.17. The van der Waals surface area contributed by atoms with Crippen LogP contribution in [0.1, 0.15) is 12.6 Å². The molecule has 1 aliphatic heterocycles. The first-order chi connectivity index (χ1) is 8.83. The minimum atomic E-state index is 0.465. The number of hydrogen-bond acceptors (Lipinski definition) is 5. The summed E-state index contributed by atoms with van der Waals surface area (Å²) in [5.41, 5.74) is 1.11. The summed E-state index contributed by atoms with van der Waals surface area (Å²) in [5, 5.41) is 3.07. The smallest absolute Gasteiger partial charge is 0.162 e. The predicted molar refractivity (Wildman–Crippen MR) is 70.5 cm³/mol. The van der Waals surface area contributed by atoms with Crippen molar-refractivity contribution in [3.8, 4) is 10.8 Å². The molecule has 5 heteroatoms. The number of rotatable bonds is 3. The van der Waals surface area contributed by atoms with Gasteiger partial charge in [0, 0.05) is 24.5 Å². The van der Waals surface area contributed by atoms with Crippen molar-refractivity contribution >= 4 is 11.3 Å². The molecular weight excluding hydrogens is 248 g/mol. The number of morpholine rings is 1. The summed E-state index contributed by atoms with van der Waals surface area (Å²) >= 11 is 1.63. The summed E-state index contributed by atoms with van der Waals surface area (Å²) in [6, 6.07) is 4.30. The molecule has 1 atom stereocenters. The van der Waals surface area contributed by atoms with Crippen molar-refractivity contribution < 1.29 is 9.15 Å². The molecular formula is C13H16N2O2S. The molecule has 4 nitrogen and oxygen atoms in total. The van der Waals surface area contributed by atoms with Crippen LogP contribution >= 0.6 is 11.3 Å². The van der Waals surface area contributed by atoms with E-state index in [0.717, 1.165) is 42.8 Å². The van der Waals surface area contributed by atoms with Crippen molar-refractivity contribution in [3.63, 3.8) is 0 Å². The fourth-order valence-corrected chi connectivity index (χ4v) is 2.87. The lowest BCUT2D eigenvalue weighted by molar-refractivity contribution is -0.00482. The highest BCUT2D eigenvalue weighted by molar-refractivity contribution is 7.13. The highest BCUT2D eigenvalue weighted by Crippen LogP contribution is 2.25. The minimum Gasteiger partial charge on any atom is -0.462 e. The Morgan fingerprint density at radius 2 is 2.50 bits per heavy atom. The topological polar surface area (TPSA) is 38.5 Å². The zero-order valence-electron chi connectivity index (χ0n) is 10.3. The summed E-state index contributed by atoms with van der Waals surface area (Å²) in [5.74, 6) is 0.848. The lowest BCUT2D eigenvalue weighted by atomic mass is 10.2. The second kappa shape index (κ2) is 5.22. The molecule has 0 aromatic carbocycles. The van der Waals surface area contributed by atoms with Gasteiger partial charge in [-0.2, -0.15) is 0 Å². The first-order valence-corrected chi connectivity index (χ1v) is 7.01. The summed E-state index contributed by atoms with van der Waals surface area (Å²) in [7, 11) is 0. The van der Waals surface area contributed by atoms with Crippen LogP contribution in [0.3, 0.4) is 0 Å². The second-order valence-corrected chi connectivity index (χ2v) is 5.37. The third kappa shape index (κ3) is 2.48. The van der Waals surface area contributed by atoms with Crippen molar-refractivity contribution in [2.45, 2.75) is 19.5 Å². The zero-order valence-corrected chi connectivity index (χ0v) is 11.2. The largest absolute Gasteiger partial charge is 0.462 e. The van der Waals surface area contributed by atoms with Crippen molar-refractivity contribution in [3.05, 3.63) is 29.5 Å². The Balaban J connectivity index is 1.70. The highest BCUT2D eigenvalue weighted by atomic mass is 32.1. The fourth-order valence-electron chi connectivity index (χ4n) is 2.10. The van der Waals surface area contributed by atoms with Crippen LogP contribution in [0.2, 0.25) is 0 Å². The Morgan fingerprint density at radius 3 is 3.28 bits per heavy atom. The average molecular weight is 264 g/mol. The molecule has 3 rings (SSSR count). The van der Waals surface area contributed by atoms with E-state index in [1.165, 1.54) is 0 Å². The molecule has 0 radical (unpaired) electrons. The Morgan fingerprint density at radius 1 is 1.56 bits per heavy atom. The Bertz CT molecular complexity index is 495. The second-order valence-electron chi connectivity index (χ2n) is 4.52. The Labute approximate surface area is 110 Å². The summed E-state index contributed by atoms with van der Waals surface area (Å²) in [4.78, 5) is 7.03. The number of furan rings is 1. The van der Waals surface area contributed by atoms with Gasteiger partial charge in [-0.1, -0.05) is 0 Å². The van der Waals surface area contributed by atoms with E-state index in [1.54, 1.807) is 17.6 Å². The molecule has 0 spiro atoms. The van der Waals surface area contributed by atoms with Crippen LogP contribution in [0.25, 0.3) is 10.8 Å². The van der Waals surface area contributed by atoms with Crippen LogP contribution in [0.5, 0.6) is 0 Å². The maximum Gasteiger partial charge on any atom is 0.162 e. The van der Waals surface area contributed by atoms with E-state index in [0.29, 0.717) is 6.04 Å². The van der Waals surface area contributed by atoms with E-state index >= 15 is 0 Å². The highest BCUT2D eigenvalue weighted by Gasteiger charge is 2.20. The van der Waals surface area contributed by atoms with Crippen LogP contribution in [-0.4, -0.2) is 35.7 Å². The van der Waals surface area contributed by atoms with Crippen LogP contribution < -0.4 is 0 Å². The van der Waals surface area contributed by atoms with E-state index in [-0.39, 0.29) is 0 Å². The molecule has 3 heterocycles. The first-order valence-electron chi connectivity index (χ1n) is 6.13. The van der Waals surface area contributed by atoms with Crippen LogP contribution in [0.4, 0.5) is 0 Å². The average Bonchev–Trinajstić information content (AvgIpc) is 3.02. The molecule has 96 valence electrons. The predicted octanol–water partition coefficient (Wildman–Crippen LogP) is 2.62. The molecule has 1 aliphatic rings. The molecule has 0 N–H and O–H groups in total. The summed E-state index contributed by atoms with van der Waals surface area (Å²) in [6.07, 6.45) is 1.68. The Kier molecular flexibility index (Phi) is 3.45. The van der Waals surface area contributed by atoms with Gasteiger partial charge in [0.1, 0.15) is 0 Å². The SMILES string of the molecule is C[C@H]1COCCN1Cc1csc(-c2ccco2)n1. The van der Waals surface area contributed by atoms with Crippen LogP contribution in [0, 0.1) is 0 Å². The van der Waals surface area contributed by atoms with E-state index in [2.05, 4.69) is 22.2 Å². The number of thiazole rings is 1. The monoisotopic (exact) mass is 264 g/mol. The van der Waals surface area contributed by atoms with Gasteiger partial charge in [0.25, 0.3) is 0 Å². The number of ether oxygens (including phenoxy) is 1. The molecule has 0 bridgehead atoms. The van der Waals surface area contributed by atoms with Gasteiger partial charge in [-0.05, 0) is 19.1 Å².